The standard InChI is InChI=1S/C21H17N3OS/c1-14-19(26-21(24-14)17-9-5-11-22-12-17)20(25)23-13-16-8-4-7-15-6-2-3-10-18(15)16/h2-12H,13H2,1H3,(H,23,25). The van der Waals surface area contributed by atoms with Gasteiger partial charge in [-0.1, -0.05) is 42.5 Å². The first-order chi connectivity index (χ1) is 12.7. The topological polar surface area (TPSA) is 54.9 Å². The second-order valence-electron chi connectivity index (χ2n) is 6.00. The van der Waals surface area contributed by atoms with Crippen LogP contribution < -0.4 is 5.32 Å². The second kappa shape index (κ2) is 7.06. The van der Waals surface area contributed by atoms with Gasteiger partial charge in [0.15, 0.2) is 0 Å². The minimum absolute atomic E-state index is 0.0944. The number of rotatable bonds is 4. The van der Waals surface area contributed by atoms with Crippen molar-refractivity contribution in [3.63, 3.8) is 0 Å². The molecule has 0 unspecified atom stereocenters. The van der Waals surface area contributed by atoms with Gasteiger partial charge in [-0.2, -0.15) is 0 Å². The van der Waals surface area contributed by atoms with Crippen molar-refractivity contribution in [3.05, 3.63) is 83.1 Å². The van der Waals surface area contributed by atoms with Gasteiger partial charge in [-0.15, -0.1) is 11.3 Å². The van der Waals surface area contributed by atoms with Crippen LogP contribution in [0.2, 0.25) is 0 Å². The highest BCUT2D eigenvalue weighted by molar-refractivity contribution is 7.17. The van der Waals surface area contributed by atoms with Gasteiger partial charge in [0, 0.05) is 24.5 Å². The lowest BCUT2D eigenvalue weighted by atomic mass is 10.0. The van der Waals surface area contributed by atoms with Crippen molar-refractivity contribution in [1.29, 1.82) is 0 Å². The van der Waals surface area contributed by atoms with Gasteiger partial charge >= 0.3 is 0 Å². The summed E-state index contributed by atoms with van der Waals surface area (Å²) in [6, 6.07) is 18.1. The largest absolute Gasteiger partial charge is 0.347 e. The highest BCUT2D eigenvalue weighted by Gasteiger charge is 2.16. The van der Waals surface area contributed by atoms with E-state index >= 15 is 0 Å². The fourth-order valence-electron chi connectivity index (χ4n) is 2.92. The molecule has 0 spiro atoms. The average molecular weight is 359 g/mol. The summed E-state index contributed by atoms with van der Waals surface area (Å²) in [7, 11) is 0. The Morgan fingerprint density at radius 3 is 2.77 bits per heavy atom. The van der Waals surface area contributed by atoms with Crippen molar-refractivity contribution in [2.24, 2.45) is 0 Å². The van der Waals surface area contributed by atoms with Crippen LogP contribution in [0.5, 0.6) is 0 Å². The Hall–Kier alpha value is -3.05. The molecule has 4 nitrogen and oxygen atoms in total. The van der Waals surface area contributed by atoms with Crippen molar-refractivity contribution in [1.82, 2.24) is 15.3 Å². The maximum atomic E-state index is 12.7. The normalized spacial score (nSPS) is 10.8. The molecule has 128 valence electrons. The van der Waals surface area contributed by atoms with Gasteiger partial charge in [0.05, 0.1) is 5.69 Å². The summed E-state index contributed by atoms with van der Waals surface area (Å²) >= 11 is 1.40. The minimum Gasteiger partial charge on any atom is -0.347 e. The molecule has 4 aromatic rings. The number of thiazole rings is 1. The van der Waals surface area contributed by atoms with Gasteiger partial charge in [-0.3, -0.25) is 9.78 Å². The molecule has 1 amide bonds. The molecule has 0 aliphatic heterocycles. The molecule has 2 aromatic carbocycles. The molecule has 0 aliphatic carbocycles. The van der Waals surface area contributed by atoms with Crippen molar-refractivity contribution in [2.75, 3.05) is 0 Å². The van der Waals surface area contributed by atoms with Crippen LogP contribution in [0.25, 0.3) is 21.3 Å². The van der Waals surface area contributed by atoms with Gasteiger partial charge in [-0.05, 0) is 35.4 Å². The van der Waals surface area contributed by atoms with E-state index in [4.69, 9.17) is 0 Å². The predicted molar refractivity (Wildman–Crippen MR) is 105 cm³/mol. The minimum atomic E-state index is -0.0944. The summed E-state index contributed by atoms with van der Waals surface area (Å²) in [5.74, 6) is -0.0944. The van der Waals surface area contributed by atoms with Crippen LogP contribution in [-0.4, -0.2) is 15.9 Å². The molecule has 2 heterocycles. The molecule has 2 aromatic heterocycles. The molecule has 0 radical (unpaired) electrons. The van der Waals surface area contributed by atoms with Crippen LogP contribution in [0.4, 0.5) is 0 Å². The first-order valence-electron chi connectivity index (χ1n) is 8.35. The number of hydrogen-bond donors (Lipinski definition) is 1. The van der Waals surface area contributed by atoms with Gasteiger partial charge in [-0.25, -0.2) is 4.98 Å². The fraction of sp³-hybridized carbons (Fsp3) is 0.0952. The molecule has 5 heteroatoms. The lowest BCUT2D eigenvalue weighted by Crippen LogP contribution is -2.22. The number of carbonyl (C=O) groups excluding carboxylic acids is 1. The maximum absolute atomic E-state index is 12.7. The van der Waals surface area contributed by atoms with Crippen LogP contribution in [-0.2, 0) is 6.54 Å². The van der Waals surface area contributed by atoms with Gasteiger partial charge in [0.2, 0.25) is 0 Å². The van der Waals surface area contributed by atoms with E-state index in [1.54, 1.807) is 12.4 Å². The summed E-state index contributed by atoms with van der Waals surface area (Å²) in [5, 5.41) is 6.17. The van der Waals surface area contributed by atoms with E-state index in [-0.39, 0.29) is 5.91 Å². The summed E-state index contributed by atoms with van der Waals surface area (Å²) in [4.78, 5) is 21.9. The third-order valence-corrected chi connectivity index (χ3v) is 5.44. The Kier molecular flexibility index (Phi) is 4.46. The van der Waals surface area contributed by atoms with E-state index in [2.05, 4.69) is 33.5 Å². The van der Waals surface area contributed by atoms with Crippen LogP contribution in [0.15, 0.2) is 67.0 Å². The van der Waals surface area contributed by atoms with E-state index in [0.29, 0.717) is 11.4 Å². The molecule has 0 atom stereocenters. The summed E-state index contributed by atoms with van der Waals surface area (Å²) in [6.45, 7) is 2.35. The number of fused-ring (bicyclic) bond motifs is 1. The summed E-state index contributed by atoms with van der Waals surface area (Å²) in [5.41, 5.74) is 2.77. The number of nitrogens with zero attached hydrogens (tertiary/aromatic N) is 2. The number of pyridine rings is 1. The number of aromatic nitrogens is 2. The van der Waals surface area contributed by atoms with Crippen LogP contribution >= 0.6 is 11.3 Å². The van der Waals surface area contributed by atoms with E-state index in [1.807, 2.05) is 43.3 Å². The second-order valence-corrected chi connectivity index (χ2v) is 7.00. The highest BCUT2D eigenvalue weighted by Crippen LogP contribution is 2.27. The molecule has 0 fully saturated rings. The fourth-order valence-corrected chi connectivity index (χ4v) is 3.89. The average Bonchev–Trinajstić information content (AvgIpc) is 3.08. The Balaban J connectivity index is 1.54. The molecular weight excluding hydrogens is 342 g/mol. The van der Waals surface area contributed by atoms with Crippen molar-refractivity contribution >= 4 is 28.0 Å². The third kappa shape index (κ3) is 3.21. The summed E-state index contributed by atoms with van der Waals surface area (Å²) in [6.07, 6.45) is 3.48. The Morgan fingerprint density at radius 2 is 1.92 bits per heavy atom. The highest BCUT2D eigenvalue weighted by atomic mass is 32.1. The number of nitrogens with one attached hydrogen (secondary N) is 1. The zero-order valence-electron chi connectivity index (χ0n) is 14.3. The van der Waals surface area contributed by atoms with Crippen molar-refractivity contribution in [3.8, 4) is 10.6 Å². The lowest BCUT2D eigenvalue weighted by molar-refractivity contribution is 0.0954. The monoisotopic (exact) mass is 359 g/mol. The van der Waals surface area contributed by atoms with E-state index in [1.165, 1.54) is 16.7 Å². The van der Waals surface area contributed by atoms with Gasteiger partial charge < -0.3 is 5.32 Å². The van der Waals surface area contributed by atoms with E-state index < -0.39 is 0 Å². The molecule has 0 aliphatic rings. The van der Waals surface area contributed by atoms with Gasteiger partial charge in [0.1, 0.15) is 9.88 Å². The predicted octanol–water partition coefficient (Wildman–Crippen LogP) is 4.60. The summed E-state index contributed by atoms with van der Waals surface area (Å²) < 4.78 is 0. The number of aryl methyl sites for hydroxylation is 1. The number of benzene rings is 2. The molecule has 26 heavy (non-hydrogen) atoms. The van der Waals surface area contributed by atoms with Crippen molar-refractivity contribution in [2.45, 2.75) is 13.5 Å². The molecular formula is C21H17N3OS. The molecule has 1 N–H and O–H groups in total. The lowest BCUT2D eigenvalue weighted by Gasteiger charge is -2.08. The van der Waals surface area contributed by atoms with Crippen LogP contribution in [0, 0.1) is 6.92 Å². The zero-order valence-corrected chi connectivity index (χ0v) is 15.1. The SMILES string of the molecule is Cc1nc(-c2cccnc2)sc1C(=O)NCc1cccc2ccccc12. The number of carbonyl (C=O) groups is 1. The van der Waals surface area contributed by atoms with E-state index in [0.717, 1.165) is 27.2 Å². The smallest absolute Gasteiger partial charge is 0.263 e. The molecule has 0 saturated heterocycles. The third-order valence-electron chi connectivity index (χ3n) is 4.23. The Bertz CT molecular complexity index is 1070. The van der Waals surface area contributed by atoms with E-state index in [9.17, 15) is 4.79 Å². The first kappa shape index (κ1) is 16.4. The number of hydrogen-bond acceptors (Lipinski definition) is 4. The Morgan fingerprint density at radius 1 is 1.08 bits per heavy atom. The number of amides is 1. The zero-order chi connectivity index (χ0) is 17.9. The van der Waals surface area contributed by atoms with Crippen LogP contribution in [0.3, 0.4) is 0 Å². The molecule has 0 bridgehead atoms. The maximum Gasteiger partial charge on any atom is 0.263 e. The first-order valence-corrected chi connectivity index (χ1v) is 9.16. The van der Waals surface area contributed by atoms with Crippen molar-refractivity contribution < 1.29 is 4.79 Å². The quantitative estimate of drug-likeness (QED) is 0.579. The van der Waals surface area contributed by atoms with Gasteiger partial charge in [0.25, 0.3) is 5.91 Å². The Labute approximate surface area is 155 Å². The molecule has 0 saturated carbocycles. The molecule has 4 rings (SSSR count). The van der Waals surface area contributed by atoms with Crippen LogP contribution in [0.1, 0.15) is 20.9 Å².